The Balaban J connectivity index is 1.69. The fraction of sp³-hybridized carbons (Fsp3) is 0.724. The lowest BCUT2D eigenvalue weighted by Crippen LogP contribution is -2.49. The molecule has 6 heteroatoms. The summed E-state index contributed by atoms with van der Waals surface area (Å²) in [7, 11) is 1.41. The van der Waals surface area contributed by atoms with Crippen LogP contribution in [0.1, 0.15) is 106 Å². The average Bonchev–Trinajstić information content (AvgIpc) is 3.46. The third-order valence-electron chi connectivity index (χ3n) is 7.92. The van der Waals surface area contributed by atoms with Gasteiger partial charge in [0.25, 0.3) is 0 Å². The van der Waals surface area contributed by atoms with Crippen LogP contribution in [0.5, 0.6) is 0 Å². The van der Waals surface area contributed by atoms with E-state index >= 15 is 0 Å². The maximum Gasteiger partial charge on any atom is 0.350 e. The van der Waals surface area contributed by atoms with Gasteiger partial charge < -0.3 is 14.4 Å². The number of ether oxygens (including phenoxy) is 2. The first-order valence-corrected chi connectivity index (χ1v) is 14.1. The highest BCUT2D eigenvalue weighted by atomic mass is 32.1. The maximum atomic E-state index is 14.1. The summed E-state index contributed by atoms with van der Waals surface area (Å²) in [5, 5.41) is 0. The first-order valence-electron chi connectivity index (χ1n) is 13.3. The van der Waals surface area contributed by atoms with Crippen LogP contribution in [0, 0.1) is 29.1 Å². The van der Waals surface area contributed by atoms with Crippen molar-refractivity contribution >= 4 is 28.9 Å². The van der Waals surface area contributed by atoms with Crippen molar-refractivity contribution in [3.63, 3.8) is 0 Å². The number of esters is 1. The van der Waals surface area contributed by atoms with E-state index < -0.39 is 5.97 Å². The number of methoxy groups -OCH3 is 1. The SMILES string of the molecule is COC(=O)c1sc(C#CC(C)(C)C)cc1N(C(=O)[C@H]1CC[C@H](C)CC1)C1CCC2(CCCO2)CC1. The second-order valence-corrected chi connectivity index (χ2v) is 12.9. The topological polar surface area (TPSA) is 55.8 Å². The number of anilines is 1. The van der Waals surface area contributed by atoms with Crippen LogP contribution < -0.4 is 4.90 Å². The number of amides is 1. The Morgan fingerprint density at radius 3 is 2.37 bits per heavy atom. The summed E-state index contributed by atoms with van der Waals surface area (Å²) >= 11 is 1.34. The van der Waals surface area contributed by atoms with Gasteiger partial charge in [-0.3, -0.25) is 4.79 Å². The fourth-order valence-electron chi connectivity index (χ4n) is 5.85. The molecular weight excluding hydrogens is 458 g/mol. The quantitative estimate of drug-likeness (QED) is 0.347. The molecule has 1 spiro atoms. The summed E-state index contributed by atoms with van der Waals surface area (Å²) in [6.45, 7) is 9.32. The molecule has 2 heterocycles. The molecule has 1 amide bonds. The Labute approximate surface area is 214 Å². The second kappa shape index (κ2) is 10.6. The Bertz CT molecular complexity index is 971. The van der Waals surface area contributed by atoms with E-state index in [1.54, 1.807) is 0 Å². The van der Waals surface area contributed by atoms with E-state index in [0.717, 1.165) is 75.7 Å². The largest absolute Gasteiger partial charge is 0.465 e. The molecule has 3 fully saturated rings. The summed E-state index contributed by atoms with van der Waals surface area (Å²) in [4.78, 5) is 30.3. The Morgan fingerprint density at radius 2 is 1.80 bits per heavy atom. The van der Waals surface area contributed by atoms with Crippen LogP contribution in [-0.2, 0) is 14.3 Å². The number of carbonyl (C=O) groups is 2. The summed E-state index contributed by atoms with van der Waals surface area (Å²) < 4.78 is 11.3. The van der Waals surface area contributed by atoms with Crippen LogP contribution in [0.2, 0.25) is 0 Å². The zero-order valence-corrected chi connectivity index (χ0v) is 22.9. The zero-order valence-electron chi connectivity index (χ0n) is 22.1. The van der Waals surface area contributed by atoms with Crippen LogP contribution in [0.15, 0.2) is 6.07 Å². The van der Waals surface area contributed by atoms with Gasteiger partial charge in [0.1, 0.15) is 4.88 Å². The second-order valence-electron chi connectivity index (χ2n) is 11.8. The summed E-state index contributed by atoms with van der Waals surface area (Å²) in [6, 6.07) is 2.02. The van der Waals surface area contributed by atoms with Gasteiger partial charge in [-0.05, 0) is 97.0 Å². The van der Waals surface area contributed by atoms with Crippen LogP contribution in [-0.4, -0.2) is 37.2 Å². The molecule has 1 aromatic heterocycles. The highest BCUT2D eigenvalue weighted by Gasteiger charge is 2.43. The highest BCUT2D eigenvalue weighted by molar-refractivity contribution is 7.15. The number of hydrogen-bond donors (Lipinski definition) is 0. The van der Waals surface area contributed by atoms with Crippen molar-refractivity contribution in [1.82, 2.24) is 0 Å². The molecule has 0 N–H and O–H groups in total. The standard InChI is InChI=1S/C29H41NO4S/c1-20-7-9-21(10-8-20)26(31)30(22-11-16-29(17-12-22)14-6-18-34-29)24-19-23(13-15-28(2,3)4)35-25(24)27(32)33-5/h19-22H,6-12,14,16-18H2,1-5H3/t20-,21-,22?,29?. The number of carbonyl (C=O) groups excluding carboxylic acids is 2. The predicted octanol–water partition coefficient (Wildman–Crippen LogP) is 6.58. The van der Waals surface area contributed by atoms with Crippen molar-refractivity contribution in [2.24, 2.45) is 17.3 Å². The lowest BCUT2D eigenvalue weighted by atomic mass is 9.78. The van der Waals surface area contributed by atoms with E-state index in [4.69, 9.17) is 9.47 Å². The van der Waals surface area contributed by atoms with Gasteiger partial charge in [-0.25, -0.2) is 4.79 Å². The predicted molar refractivity (Wildman–Crippen MR) is 141 cm³/mol. The molecular formula is C29H41NO4S. The van der Waals surface area contributed by atoms with Crippen molar-refractivity contribution in [1.29, 1.82) is 0 Å². The van der Waals surface area contributed by atoms with E-state index in [0.29, 0.717) is 16.5 Å². The van der Waals surface area contributed by atoms with Gasteiger partial charge in [0.05, 0.1) is 23.3 Å². The van der Waals surface area contributed by atoms with Gasteiger partial charge in [-0.1, -0.05) is 18.8 Å². The molecule has 35 heavy (non-hydrogen) atoms. The van der Waals surface area contributed by atoms with Crippen molar-refractivity contribution in [3.05, 3.63) is 15.8 Å². The minimum absolute atomic E-state index is 0.00530. The van der Waals surface area contributed by atoms with Crippen molar-refractivity contribution < 1.29 is 19.1 Å². The fourth-order valence-corrected chi connectivity index (χ4v) is 6.77. The molecule has 1 aromatic rings. The number of nitrogens with zero attached hydrogens (tertiary/aromatic N) is 1. The van der Waals surface area contributed by atoms with E-state index in [9.17, 15) is 9.59 Å². The summed E-state index contributed by atoms with van der Waals surface area (Å²) in [5.41, 5.74) is 0.536. The Kier molecular flexibility index (Phi) is 7.98. The Morgan fingerprint density at radius 1 is 1.11 bits per heavy atom. The average molecular weight is 500 g/mol. The smallest absolute Gasteiger partial charge is 0.350 e. The van der Waals surface area contributed by atoms with Crippen molar-refractivity contribution in [3.8, 4) is 11.8 Å². The molecule has 192 valence electrons. The molecule has 0 unspecified atom stereocenters. The van der Waals surface area contributed by atoms with E-state index in [2.05, 4.69) is 39.5 Å². The van der Waals surface area contributed by atoms with E-state index in [1.807, 2.05) is 11.0 Å². The lowest BCUT2D eigenvalue weighted by Gasteiger charge is -2.42. The van der Waals surface area contributed by atoms with Crippen molar-refractivity contribution in [2.45, 2.75) is 104 Å². The third kappa shape index (κ3) is 6.12. The third-order valence-corrected chi connectivity index (χ3v) is 8.94. The van der Waals surface area contributed by atoms with Gasteiger partial charge in [0, 0.05) is 24.0 Å². The van der Waals surface area contributed by atoms with Gasteiger partial charge in [-0.2, -0.15) is 0 Å². The summed E-state index contributed by atoms with van der Waals surface area (Å²) in [6.07, 6.45) is 9.99. The first kappa shape index (κ1) is 26.2. The van der Waals surface area contributed by atoms with E-state index in [1.165, 1.54) is 18.4 Å². The molecule has 3 aliphatic rings. The van der Waals surface area contributed by atoms with Crippen LogP contribution in [0.4, 0.5) is 5.69 Å². The molecule has 0 radical (unpaired) electrons. The number of rotatable bonds is 4. The molecule has 1 saturated heterocycles. The van der Waals surface area contributed by atoms with E-state index in [-0.39, 0.29) is 28.9 Å². The number of hydrogen-bond acceptors (Lipinski definition) is 5. The maximum absolute atomic E-state index is 14.1. The normalized spacial score (nSPS) is 28.9. The van der Waals surface area contributed by atoms with Gasteiger partial charge in [0.15, 0.2) is 0 Å². The monoisotopic (exact) mass is 499 g/mol. The molecule has 0 bridgehead atoms. The lowest BCUT2D eigenvalue weighted by molar-refractivity contribution is -0.124. The number of thiophene rings is 1. The molecule has 5 nitrogen and oxygen atoms in total. The molecule has 4 rings (SSSR count). The molecule has 2 aliphatic carbocycles. The van der Waals surface area contributed by atoms with Gasteiger partial charge >= 0.3 is 5.97 Å². The van der Waals surface area contributed by atoms with Crippen molar-refractivity contribution in [2.75, 3.05) is 18.6 Å². The molecule has 0 atom stereocenters. The minimum Gasteiger partial charge on any atom is -0.465 e. The molecule has 2 saturated carbocycles. The summed E-state index contributed by atoms with van der Waals surface area (Å²) in [5.74, 6) is 6.99. The zero-order chi connectivity index (χ0) is 25.2. The van der Waals surface area contributed by atoms with Crippen LogP contribution >= 0.6 is 11.3 Å². The molecule has 0 aromatic carbocycles. The first-order chi connectivity index (χ1) is 16.6. The van der Waals surface area contributed by atoms with Gasteiger partial charge in [-0.15, -0.1) is 11.3 Å². The van der Waals surface area contributed by atoms with Crippen LogP contribution in [0.3, 0.4) is 0 Å². The van der Waals surface area contributed by atoms with Gasteiger partial charge in [0.2, 0.25) is 5.91 Å². The highest BCUT2D eigenvalue weighted by Crippen LogP contribution is 2.44. The van der Waals surface area contributed by atoms with Crippen LogP contribution in [0.25, 0.3) is 0 Å². The Hall–Kier alpha value is -1.84. The molecule has 1 aliphatic heterocycles. The minimum atomic E-state index is -0.393.